The molecule has 0 aromatic carbocycles. The van der Waals surface area contributed by atoms with Crippen molar-refractivity contribution >= 4 is 11.2 Å². The smallest absolute Gasteiger partial charge is 0.299 e. The van der Waals surface area contributed by atoms with E-state index in [1.165, 1.54) is 0 Å². The third-order valence-electron chi connectivity index (χ3n) is 3.45. The van der Waals surface area contributed by atoms with Gasteiger partial charge in [-0.1, -0.05) is 6.92 Å². The third-order valence-corrected chi connectivity index (χ3v) is 3.45. The number of nitrogens with zero attached hydrogens (tertiary/aromatic N) is 3. The zero-order valence-electron chi connectivity index (χ0n) is 10.1. The Morgan fingerprint density at radius 2 is 2.41 bits per heavy atom. The van der Waals surface area contributed by atoms with E-state index in [1.54, 1.807) is 0 Å². The molecule has 2 N–H and O–H groups in total. The van der Waals surface area contributed by atoms with E-state index in [2.05, 4.69) is 21.5 Å². The summed E-state index contributed by atoms with van der Waals surface area (Å²) < 4.78 is 7.75. The minimum absolute atomic E-state index is 0.351. The molecule has 0 saturated carbocycles. The predicted molar refractivity (Wildman–Crippen MR) is 65.0 cm³/mol. The zero-order valence-corrected chi connectivity index (χ0v) is 10.1. The Morgan fingerprint density at radius 1 is 1.59 bits per heavy atom. The van der Waals surface area contributed by atoms with Crippen LogP contribution >= 0.6 is 0 Å². The third kappa shape index (κ3) is 1.35. The molecule has 5 nitrogen and oxygen atoms in total. The fourth-order valence-electron chi connectivity index (χ4n) is 2.44. The average molecular weight is 232 g/mol. The van der Waals surface area contributed by atoms with E-state index < -0.39 is 0 Å². The molecule has 2 aromatic heterocycles. The Balaban J connectivity index is 2.35. The number of nitrogens with two attached hydrogens (primary N) is 1. The van der Waals surface area contributed by atoms with Gasteiger partial charge in [0.1, 0.15) is 6.61 Å². The fraction of sp³-hybridized carbons (Fsp3) is 0.500. The lowest BCUT2D eigenvalue weighted by Crippen LogP contribution is -2.09. The number of ether oxygens (including phenoxy) is 1. The molecule has 0 radical (unpaired) electrons. The molecule has 3 rings (SSSR count). The predicted octanol–water partition coefficient (Wildman–Crippen LogP) is 1.54. The van der Waals surface area contributed by atoms with Crippen LogP contribution in [0.25, 0.3) is 11.2 Å². The lowest BCUT2D eigenvalue weighted by molar-refractivity contribution is 0.316. The summed E-state index contributed by atoms with van der Waals surface area (Å²) in [4.78, 5) is 8.77. The highest BCUT2D eigenvalue weighted by molar-refractivity contribution is 5.78. The number of rotatable bonds is 2. The van der Waals surface area contributed by atoms with Crippen molar-refractivity contribution in [3.63, 3.8) is 0 Å². The maximum absolute atomic E-state index is 5.85. The van der Waals surface area contributed by atoms with Crippen LogP contribution in [0.4, 0.5) is 0 Å². The van der Waals surface area contributed by atoms with Crippen LogP contribution in [0.5, 0.6) is 6.01 Å². The summed E-state index contributed by atoms with van der Waals surface area (Å²) in [7, 11) is 0. The molecule has 0 amide bonds. The van der Waals surface area contributed by atoms with Gasteiger partial charge in [0.15, 0.2) is 5.65 Å². The van der Waals surface area contributed by atoms with Gasteiger partial charge >= 0.3 is 0 Å². The molecule has 0 bridgehead atoms. The van der Waals surface area contributed by atoms with Gasteiger partial charge in [-0.2, -0.15) is 4.98 Å². The van der Waals surface area contributed by atoms with Crippen molar-refractivity contribution in [3.8, 4) is 6.01 Å². The maximum Gasteiger partial charge on any atom is 0.299 e. The summed E-state index contributed by atoms with van der Waals surface area (Å²) in [5, 5.41) is 0. The maximum atomic E-state index is 5.85. The summed E-state index contributed by atoms with van der Waals surface area (Å²) in [6.45, 7) is 5.39. The lowest BCUT2D eigenvalue weighted by atomic mass is 10.1. The van der Waals surface area contributed by atoms with Gasteiger partial charge in [-0.3, -0.25) is 4.57 Å². The van der Waals surface area contributed by atoms with Crippen LogP contribution in [-0.2, 0) is 6.54 Å². The zero-order chi connectivity index (χ0) is 12.0. The summed E-state index contributed by atoms with van der Waals surface area (Å²) in [5.74, 6) is 0. The van der Waals surface area contributed by atoms with Gasteiger partial charge in [0.2, 0.25) is 0 Å². The number of aryl methyl sites for hydroxylation is 1. The van der Waals surface area contributed by atoms with E-state index in [4.69, 9.17) is 10.5 Å². The molecule has 5 heteroatoms. The van der Waals surface area contributed by atoms with E-state index in [0.29, 0.717) is 25.2 Å². The molecule has 0 fully saturated rings. The second-order valence-electron chi connectivity index (χ2n) is 4.43. The minimum Gasteiger partial charge on any atom is -0.462 e. The average Bonchev–Trinajstić information content (AvgIpc) is 2.87. The van der Waals surface area contributed by atoms with Gasteiger partial charge in [-0.15, -0.1) is 0 Å². The molecule has 1 atom stereocenters. The first-order chi connectivity index (χ1) is 8.26. The van der Waals surface area contributed by atoms with E-state index in [-0.39, 0.29) is 0 Å². The van der Waals surface area contributed by atoms with Crippen molar-refractivity contribution in [1.82, 2.24) is 14.5 Å². The quantitative estimate of drug-likeness (QED) is 0.853. The molecule has 3 heterocycles. The Bertz CT molecular complexity index is 575. The largest absolute Gasteiger partial charge is 0.462 e. The summed E-state index contributed by atoms with van der Waals surface area (Å²) in [5.41, 5.74) is 9.87. The summed E-state index contributed by atoms with van der Waals surface area (Å²) in [6.07, 6.45) is 2.85. The molecule has 17 heavy (non-hydrogen) atoms. The van der Waals surface area contributed by atoms with Crippen molar-refractivity contribution < 1.29 is 4.74 Å². The molecule has 1 unspecified atom stereocenters. The van der Waals surface area contributed by atoms with Gasteiger partial charge in [-0.05, 0) is 24.5 Å². The SMILES string of the molecule is CCC1COc2nc3ncc(C)c(CN)c3n21. The first kappa shape index (κ1) is 10.5. The molecule has 1 aliphatic rings. The first-order valence-electron chi connectivity index (χ1n) is 5.95. The van der Waals surface area contributed by atoms with Gasteiger partial charge < -0.3 is 10.5 Å². The van der Waals surface area contributed by atoms with E-state index in [1.807, 2.05) is 13.1 Å². The Labute approximate surface area is 99.6 Å². The van der Waals surface area contributed by atoms with Crippen LogP contribution in [0, 0.1) is 6.92 Å². The molecule has 2 aromatic rings. The van der Waals surface area contributed by atoms with Gasteiger partial charge in [0.05, 0.1) is 11.6 Å². The number of hydrogen-bond donors (Lipinski definition) is 1. The molecular formula is C12H16N4O. The van der Waals surface area contributed by atoms with Crippen molar-refractivity contribution in [2.24, 2.45) is 5.73 Å². The van der Waals surface area contributed by atoms with Crippen LogP contribution in [0.1, 0.15) is 30.5 Å². The Kier molecular flexibility index (Phi) is 2.29. The van der Waals surface area contributed by atoms with Gasteiger partial charge in [0.25, 0.3) is 6.01 Å². The topological polar surface area (TPSA) is 66.0 Å². The minimum atomic E-state index is 0.351. The summed E-state index contributed by atoms with van der Waals surface area (Å²) in [6, 6.07) is 1.03. The Morgan fingerprint density at radius 3 is 3.12 bits per heavy atom. The molecule has 0 saturated heterocycles. The van der Waals surface area contributed by atoms with Gasteiger partial charge in [-0.25, -0.2) is 4.98 Å². The second-order valence-corrected chi connectivity index (χ2v) is 4.43. The Hall–Kier alpha value is -1.62. The molecule has 90 valence electrons. The van der Waals surface area contributed by atoms with Crippen LogP contribution < -0.4 is 10.5 Å². The van der Waals surface area contributed by atoms with Crippen molar-refractivity contribution in [2.45, 2.75) is 32.9 Å². The van der Waals surface area contributed by atoms with E-state index in [0.717, 1.165) is 28.7 Å². The normalized spacial score (nSPS) is 18.4. The van der Waals surface area contributed by atoms with Crippen LogP contribution in [0.15, 0.2) is 6.20 Å². The number of pyridine rings is 1. The number of imidazole rings is 1. The van der Waals surface area contributed by atoms with Crippen LogP contribution in [0.3, 0.4) is 0 Å². The highest BCUT2D eigenvalue weighted by Crippen LogP contribution is 2.34. The lowest BCUT2D eigenvalue weighted by Gasteiger charge is -2.11. The molecule has 0 spiro atoms. The van der Waals surface area contributed by atoms with Gasteiger partial charge in [0, 0.05) is 12.7 Å². The van der Waals surface area contributed by atoms with Crippen molar-refractivity contribution in [1.29, 1.82) is 0 Å². The monoisotopic (exact) mass is 232 g/mol. The summed E-state index contributed by atoms with van der Waals surface area (Å²) >= 11 is 0. The van der Waals surface area contributed by atoms with E-state index in [9.17, 15) is 0 Å². The van der Waals surface area contributed by atoms with E-state index >= 15 is 0 Å². The van der Waals surface area contributed by atoms with Crippen LogP contribution in [0.2, 0.25) is 0 Å². The highest BCUT2D eigenvalue weighted by atomic mass is 16.5. The highest BCUT2D eigenvalue weighted by Gasteiger charge is 2.28. The fourth-order valence-corrected chi connectivity index (χ4v) is 2.44. The van der Waals surface area contributed by atoms with Crippen molar-refractivity contribution in [3.05, 3.63) is 17.3 Å². The number of aromatic nitrogens is 3. The second kappa shape index (κ2) is 3.70. The first-order valence-corrected chi connectivity index (χ1v) is 5.95. The molecular weight excluding hydrogens is 216 g/mol. The standard InChI is InChI=1S/C12H16N4O/c1-3-8-6-17-12-15-11-10(16(8)12)9(4-13)7(2)5-14-11/h5,8H,3-4,6,13H2,1-2H3. The molecule has 1 aliphatic heterocycles. The number of fused-ring (bicyclic) bond motifs is 3. The number of hydrogen-bond acceptors (Lipinski definition) is 4. The van der Waals surface area contributed by atoms with Crippen LogP contribution in [-0.4, -0.2) is 21.1 Å². The van der Waals surface area contributed by atoms with Crippen molar-refractivity contribution in [2.75, 3.05) is 6.61 Å². The molecule has 0 aliphatic carbocycles.